The van der Waals surface area contributed by atoms with Crippen molar-refractivity contribution in [2.75, 3.05) is 26.2 Å². The van der Waals surface area contributed by atoms with Crippen molar-refractivity contribution in [2.45, 2.75) is 63.0 Å². The van der Waals surface area contributed by atoms with Crippen LogP contribution in [0.2, 0.25) is 0 Å². The molecule has 1 aromatic carbocycles. The second-order valence-corrected chi connectivity index (χ2v) is 7.91. The lowest BCUT2D eigenvalue weighted by molar-refractivity contribution is -0.0461. The fourth-order valence-electron chi connectivity index (χ4n) is 4.66. The highest BCUT2D eigenvalue weighted by molar-refractivity contribution is 5.94. The molecule has 2 heterocycles. The number of hydrogen-bond acceptors (Lipinski definition) is 3. The van der Waals surface area contributed by atoms with Crippen molar-refractivity contribution in [2.24, 2.45) is 0 Å². The molecule has 0 radical (unpaired) electrons. The summed E-state index contributed by atoms with van der Waals surface area (Å²) in [5, 5.41) is 3.06. The number of rotatable bonds is 4. The first-order chi connectivity index (χ1) is 12.3. The van der Waals surface area contributed by atoms with E-state index in [1.165, 1.54) is 57.1 Å². The maximum Gasteiger partial charge on any atom is 0.251 e. The molecule has 4 rings (SSSR count). The van der Waals surface area contributed by atoms with E-state index >= 15 is 0 Å². The summed E-state index contributed by atoms with van der Waals surface area (Å²) in [6, 6.07) is 8.88. The Morgan fingerprint density at radius 2 is 1.88 bits per heavy atom. The predicted molar refractivity (Wildman–Crippen MR) is 98.9 cm³/mol. The number of nitrogens with one attached hydrogen (secondary N) is 1. The fraction of sp³-hybridized carbons (Fsp3) is 0.667. The molecule has 136 valence electrons. The Morgan fingerprint density at radius 3 is 2.68 bits per heavy atom. The van der Waals surface area contributed by atoms with E-state index in [-0.39, 0.29) is 12.0 Å². The number of ether oxygens (including phenoxy) is 1. The number of nitrogens with zero attached hydrogens (tertiary/aromatic N) is 1. The minimum atomic E-state index is 0.0161. The van der Waals surface area contributed by atoms with Crippen LogP contribution in [0.1, 0.15) is 66.8 Å². The van der Waals surface area contributed by atoms with Crippen LogP contribution < -0.4 is 5.32 Å². The van der Waals surface area contributed by atoms with Crippen LogP contribution in [0.25, 0.3) is 0 Å². The average molecular weight is 342 g/mol. The van der Waals surface area contributed by atoms with E-state index in [9.17, 15) is 4.79 Å². The molecule has 0 aromatic heterocycles. The van der Waals surface area contributed by atoms with Crippen LogP contribution >= 0.6 is 0 Å². The van der Waals surface area contributed by atoms with Gasteiger partial charge in [-0.2, -0.15) is 0 Å². The topological polar surface area (TPSA) is 41.6 Å². The van der Waals surface area contributed by atoms with Gasteiger partial charge in [0.15, 0.2) is 0 Å². The van der Waals surface area contributed by atoms with Crippen molar-refractivity contribution in [3.63, 3.8) is 0 Å². The lowest BCUT2D eigenvalue weighted by Crippen LogP contribution is -2.50. The van der Waals surface area contributed by atoms with Gasteiger partial charge >= 0.3 is 0 Å². The summed E-state index contributed by atoms with van der Waals surface area (Å²) in [7, 11) is 0. The van der Waals surface area contributed by atoms with E-state index in [4.69, 9.17) is 4.74 Å². The molecule has 1 amide bonds. The normalized spacial score (nSPS) is 27.8. The second kappa shape index (κ2) is 7.88. The van der Waals surface area contributed by atoms with Crippen LogP contribution in [0.5, 0.6) is 0 Å². The third-order valence-corrected chi connectivity index (χ3v) is 6.20. The first-order valence-corrected chi connectivity index (χ1v) is 10.0. The van der Waals surface area contributed by atoms with E-state index in [0.29, 0.717) is 18.5 Å². The van der Waals surface area contributed by atoms with Crippen molar-refractivity contribution >= 4 is 5.91 Å². The first kappa shape index (κ1) is 17.0. The average Bonchev–Trinajstić information content (AvgIpc) is 3.15. The summed E-state index contributed by atoms with van der Waals surface area (Å²) < 4.78 is 5.92. The number of amides is 1. The van der Waals surface area contributed by atoms with Gasteiger partial charge in [0.05, 0.1) is 12.7 Å². The molecule has 1 aliphatic carbocycles. The predicted octanol–water partition coefficient (Wildman–Crippen LogP) is 3.33. The maximum absolute atomic E-state index is 12.4. The summed E-state index contributed by atoms with van der Waals surface area (Å²) in [4.78, 5) is 14.9. The van der Waals surface area contributed by atoms with E-state index < -0.39 is 0 Å². The van der Waals surface area contributed by atoms with Gasteiger partial charge in [0.1, 0.15) is 0 Å². The quantitative estimate of drug-likeness (QED) is 0.912. The highest BCUT2D eigenvalue weighted by atomic mass is 16.5. The zero-order valence-electron chi connectivity index (χ0n) is 15.1. The molecule has 25 heavy (non-hydrogen) atoms. The lowest BCUT2D eigenvalue weighted by Gasteiger charge is -2.35. The molecule has 0 spiro atoms. The smallest absolute Gasteiger partial charge is 0.251 e. The Kier molecular flexibility index (Phi) is 5.37. The van der Waals surface area contributed by atoms with Crippen molar-refractivity contribution in [1.29, 1.82) is 0 Å². The van der Waals surface area contributed by atoms with Crippen molar-refractivity contribution in [1.82, 2.24) is 10.2 Å². The number of morpholine rings is 1. The molecule has 2 aliphatic heterocycles. The van der Waals surface area contributed by atoms with Crippen LogP contribution in [0.4, 0.5) is 0 Å². The molecule has 4 nitrogen and oxygen atoms in total. The molecule has 1 aromatic rings. The van der Waals surface area contributed by atoms with Crippen molar-refractivity contribution in [3.8, 4) is 0 Å². The third-order valence-electron chi connectivity index (χ3n) is 6.20. The van der Waals surface area contributed by atoms with Gasteiger partial charge in [-0.05, 0) is 55.8 Å². The van der Waals surface area contributed by atoms with E-state index in [0.717, 1.165) is 18.7 Å². The van der Waals surface area contributed by atoms with E-state index in [1.807, 2.05) is 12.1 Å². The van der Waals surface area contributed by atoms with Gasteiger partial charge in [-0.1, -0.05) is 31.4 Å². The summed E-state index contributed by atoms with van der Waals surface area (Å²) in [6.45, 7) is 3.55. The van der Waals surface area contributed by atoms with Gasteiger partial charge in [-0.3, -0.25) is 9.69 Å². The SMILES string of the molecule is O=C(NC[C@@H]1CN2CCC[C@@H]2CO1)c1ccc(C2CCCCC2)cc1. The Morgan fingerprint density at radius 1 is 1.08 bits per heavy atom. The van der Waals surface area contributed by atoms with Crippen LogP contribution in [-0.2, 0) is 4.74 Å². The molecule has 1 saturated carbocycles. The van der Waals surface area contributed by atoms with Gasteiger partial charge < -0.3 is 10.1 Å². The lowest BCUT2D eigenvalue weighted by atomic mass is 9.84. The van der Waals surface area contributed by atoms with Gasteiger partial charge in [0.25, 0.3) is 5.91 Å². The van der Waals surface area contributed by atoms with Gasteiger partial charge in [0.2, 0.25) is 0 Å². The highest BCUT2D eigenvalue weighted by Gasteiger charge is 2.32. The Bertz CT molecular complexity index is 580. The highest BCUT2D eigenvalue weighted by Crippen LogP contribution is 2.32. The zero-order chi connectivity index (χ0) is 17.1. The fourth-order valence-corrected chi connectivity index (χ4v) is 4.66. The maximum atomic E-state index is 12.4. The third kappa shape index (κ3) is 4.06. The molecule has 3 aliphatic rings. The summed E-state index contributed by atoms with van der Waals surface area (Å²) in [5.74, 6) is 0.706. The van der Waals surface area contributed by atoms with Crippen LogP contribution in [0, 0.1) is 0 Å². The largest absolute Gasteiger partial charge is 0.373 e. The number of carbonyl (C=O) groups is 1. The summed E-state index contributed by atoms with van der Waals surface area (Å²) in [5.41, 5.74) is 2.15. The molecule has 1 N–H and O–H groups in total. The molecular formula is C21H30N2O2. The molecule has 2 saturated heterocycles. The van der Waals surface area contributed by atoms with Gasteiger partial charge in [-0.15, -0.1) is 0 Å². The molecule has 2 atom stereocenters. The van der Waals surface area contributed by atoms with Crippen molar-refractivity contribution in [3.05, 3.63) is 35.4 Å². The van der Waals surface area contributed by atoms with Crippen LogP contribution in [-0.4, -0.2) is 49.2 Å². The summed E-state index contributed by atoms with van der Waals surface area (Å²) in [6.07, 6.45) is 9.30. The Balaban J connectivity index is 1.27. The minimum absolute atomic E-state index is 0.0161. The van der Waals surface area contributed by atoms with Gasteiger partial charge in [0, 0.05) is 24.7 Å². The first-order valence-electron chi connectivity index (χ1n) is 10.0. The second-order valence-electron chi connectivity index (χ2n) is 7.91. The van der Waals surface area contributed by atoms with Crippen LogP contribution in [0.15, 0.2) is 24.3 Å². The van der Waals surface area contributed by atoms with E-state index in [1.54, 1.807) is 0 Å². The molecular weight excluding hydrogens is 312 g/mol. The van der Waals surface area contributed by atoms with E-state index in [2.05, 4.69) is 22.3 Å². The number of carbonyl (C=O) groups excluding carboxylic acids is 1. The van der Waals surface area contributed by atoms with Gasteiger partial charge in [-0.25, -0.2) is 0 Å². The number of hydrogen-bond donors (Lipinski definition) is 1. The van der Waals surface area contributed by atoms with Crippen LogP contribution in [0.3, 0.4) is 0 Å². The molecule has 0 bridgehead atoms. The monoisotopic (exact) mass is 342 g/mol. The molecule has 3 fully saturated rings. The zero-order valence-corrected chi connectivity index (χ0v) is 15.1. The summed E-state index contributed by atoms with van der Waals surface area (Å²) >= 11 is 0. The Labute approximate surface area is 150 Å². The van der Waals surface area contributed by atoms with Crippen molar-refractivity contribution < 1.29 is 9.53 Å². The Hall–Kier alpha value is -1.39. The minimum Gasteiger partial charge on any atom is -0.373 e. The number of fused-ring (bicyclic) bond motifs is 1. The standard InChI is InChI=1S/C21H30N2O2/c24-21(22-13-20-14-23-12-4-7-19(23)15-25-20)18-10-8-17(9-11-18)16-5-2-1-3-6-16/h8-11,16,19-20H,1-7,12-15H2,(H,22,24)/t19-,20-/m1/s1. The number of benzene rings is 1. The molecule has 0 unspecified atom stereocenters. The molecule has 4 heteroatoms.